The molecule has 3 rings (SSSR count). The zero-order chi connectivity index (χ0) is 15.9. The van der Waals surface area contributed by atoms with Gasteiger partial charge in [-0.05, 0) is 36.2 Å². The lowest BCUT2D eigenvalue weighted by molar-refractivity contribution is -0.116. The van der Waals surface area contributed by atoms with Crippen molar-refractivity contribution in [2.45, 2.75) is 13.3 Å². The van der Waals surface area contributed by atoms with Crippen molar-refractivity contribution in [2.75, 3.05) is 16.8 Å². The van der Waals surface area contributed by atoms with E-state index in [9.17, 15) is 9.59 Å². The maximum atomic E-state index is 12.1. The molecule has 1 aromatic heterocycles. The van der Waals surface area contributed by atoms with Crippen LogP contribution in [-0.4, -0.2) is 23.3 Å². The topological polar surface area (TPSA) is 65.2 Å². The number of fused-ring (bicyclic) bond motifs is 1. The third-order valence-electron chi connectivity index (χ3n) is 3.58. The quantitative estimate of drug-likeness (QED) is 0.880. The average molecular weight is 338 g/mol. The molecule has 1 aliphatic rings. The maximum absolute atomic E-state index is 12.1. The summed E-state index contributed by atoms with van der Waals surface area (Å²) >= 11 is 11.6. The van der Waals surface area contributed by atoms with E-state index in [0.29, 0.717) is 22.9 Å². The Morgan fingerprint density at radius 1 is 1.27 bits per heavy atom. The summed E-state index contributed by atoms with van der Waals surface area (Å²) < 4.78 is 0. The van der Waals surface area contributed by atoms with E-state index in [-0.39, 0.29) is 17.0 Å². The molecule has 0 bridgehead atoms. The molecule has 2 amide bonds. The summed E-state index contributed by atoms with van der Waals surface area (Å²) in [7, 11) is 0. The number of nitrogens with zero attached hydrogens (tertiary/aromatic N) is 1. The van der Waals surface area contributed by atoms with E-state index < -0.39 is 0 Å². The largest absolute Gasteiger partial charge is 0.340 e. The molecule has 0 aliphatic carbocycles. The second-order valence-electron chi connectivity index (χ2n) is 5.06. The highest BCUT2D eigenvalue weighted by molar-refractivity contribution is 6.41. The summed E-state index contributed by atoms with van der Waals surface area (Å²) in [6, 6.07) is 6.96. The maximum Gasteiger partial charge on any atom is 0.272 e. The predicted molar refractivity (Wildman–Crippen MR) is 86.9 cm³/mol. The van der Waals surface area contributed by atoms with E-state index in [1.165, 1.54) is 6.07 Å². The Morgan fingerprint density at radius 3 is 2.68 bits per heavy atom. The fraction of sp³-hybridized carbons (Fsp3) is 0.200. The predicted octanol–water partition coefficient (Wildman–Crippen LogP) is 3.48. The van der Waals surface area contributed by atoms with Crippen molar-refractivity contribution in [3.8, 4) is 0 Å². The van der Waals surface area contributed by atoms with Crippen LogP contribution in [0.4, 0.5) is 11.4 Å². The van der Waals surface area contributed by atoms with Crippen LogP contribution in [0.15, 0.2) is 24.3 Å². The third-order valence-corrected chi connectivity index (χ3v) is 4.28. The van der Waals surface area contributed by atoms with Crippen molar-refractivity contribution in [3.63, 3.8) is 0 Å². The van der Waals surface area contributed by atoms with Gasteiger partial charge in [-0.1, -0.05) is 23.2 Å². The van der Waals surface area contributed by atoms with Crippen molar-refractivity contribution in [2.24, 2.45) is 0 Å². The zero-order valence-corrected chi connectivity index (χ0v) is 13.3. The standard InChI is InChI=1S/C15H13Cl2N3O2/c1-8(21)20-5-4-9-6-10(2-3-13(9)20)18-15(22)12-7-11(16)14(17)19-12/h2-3,6-7,19H,4-5H2,1H3,(H,18,22). The van der Waals surface area contributed by atoms with Crippen LogP contribution in [0.1, 0.15) is 23.0 Å². The van der Waals surface area contributed by atoms with Crippen LogP contribution in [-0.2, 0) is 11.2 Å². The summed E-state index contributed by atoms with van der Waals surface area (Å²) in [5.41, 5.74) is 2.89. The molecule has 0 atom stereocenters. The number of carbonyl (C=O) groups excluding carboxylic acids is 2. The van der Waals surface area contributed by atoms with Crippen LogP contribution in [0, 0.1) is 0 Å². The molecule has 114 valence electrons. The van der Waals surface area contributed by atoms with Gasteiger partial charge in [-0.3, -0.25) is 9.59 Å². The molecule has 1 aromatic carbocycles. The second-order valence-corrected chi connectivity index (χ2v) is 5.85. The van der Waals surface area contributed by atoms with Gasteiger partial charge in [-0.15, -0.1) is 0 Å². The first-order valence-electron chi connectivity index (χ1n) is 6.72. The molecule has 0 unspecified atom stereocenters. The normalized spacial score (nSPS) is 13.1. The van der Waals surface area contributed by atoms with Crippen molar-refractivity contribution in [1.29, 1.82) is 0 Å². The monoisotopic (exact) mass is 337 g/mol. The van der Waals surface area contributed by atoms with E-state index in [1.807, 2.05) is 12.1 Å². The molecule has 2 heterocycles. The van der Waals surface area contributed by atoms with Crippen LogP contribution in [0.5, 0.6) is 0 Å². The fourth-order valence-corrected chi connectivity index (χ4v) is 2.84. The van der Waals surface area contributed by atoms with Crippen LogP contribution < -0.4 is 10.2 Å². The smallest absolute Gasteiger partial charge is 0.272 e. The van der Waals surface area contributed by atoms with E-state index in [2.05, 4.69) is 10.3 Å². The van der Waals surface area contributed by atoms with Gasteiger partial charge < -0.3 is 15.2 Å². The van der Waals surface area contributed by atoms with Gasteiger partial charge in [0.1, 0.15) is 10.8 Å². The van der Waals surface area contributed by atoms with E-state index in [1.54, 1.807) is 17.9 Å². The summed E-state index contributed by atoms with van der Waals surface area (Å²) in [5.74, 6) is -0.304. The summed E-state index contributed by atoms with van der Waals surface area (Å²) in [4.78, 5) is 28.1. The van der Waals surface area contributed by atoms with Crippen molar-refractivity contribution in [1.82, 2.24) is 4.98 Å². The first kappa shape index (κ1) is 14.9. The highest BCUT2D eigenvalue weighted by Crippen LogP contribution is 2.30. The molecule has 5 nitrogen and oxygen atoms in total. The number of aromatic amines is 1. The van der Waals surface area contributed by atoms with E-state index in [0.717, 1.165) is 17.7 Å². The molecule has 2 aromatic rings. The Kier molecular flexibility index (Phi) is 3.85. The van der Waals surface area contributed by atoms with Gasteiger partial charge in [0.15, 0.2) is 0 Å². The van der Waals surface area contributed by atoms with Crippen molar-refractivity contribution < 1.29 is 9.59 Å². The minimum absolute atomic E-state index is 0.0196. The molecular weight excluding hydrogens is 325 g/mol. The highest BCUT2D eigenvalue weighted by atomic mass is 35.5. The number of nitrogens with one attached hydrogen (secondary N) is 2. The molecule has 1 aliphatic heterocycles. The Balaban J connectivity index is 1.80. The van der Waals surface area contributed by atoms with Crippen molar-refractivity contribution >= 4 is 46.4 Å². The number of carbonyl (C=O) groups is 2. The van der Waals surface area contributed by atoms with E-state index >= 15 is 0 Å². The van der Waals surface area contributed by atoms with Gasteiger partial charge in [-0.25, -0.2) is 0 Å². The summed E-state index contributed by atoms with van der Waals surface area (Å²) in [5, 5.41) is 3.32. The number of aromatic nitrogens is 1. The van der Waals surface area contributed by atoms with Crippen LogP contribution in [0.3, 0.4) is 0 Å². The number of amides is 2. The molecule has 0 saturated heterocycles. The Morgan fingerprint density at radius 2 is 2.05 bits per heavy atom. The molecule has 7 heteroatoms. The van der Waals surface area contributed by atoms with Crippen LogP contribution in [0.2, 0.25) is 10.2 Å². The van der Waals surface area contributed by atoms with Crippen LogP contribution in [0.25, 0.3) is 0 Å². The lowest BCUT2D eigenvalue weighted by Crippen LogP contribution is -2.25. The van der Waals surface area contributed by atoms with E-state index in [4.69, 9.17) is 23.2 Å². The minimum Gasteiger partial charge on any atom is -0.340 e. The van der Waals surface area contributed by atoms with Gasteiger partial charge in [-0.2, -0.15) is 0 Å². The third kappa shape index (κ3) is 2.69. The molecular formula is C15H13Cl2N3O2. The lowest BCUT2D eigenvalue weighted by Gasteiger charge is -2.15. The number of H-pyrrole nitrogens is 1. The minimum atomic E-state index is -0.324. The number of rotatable bonds is 2. The molecule has 0 spiro atoms. The van der Waals surface area contributed by atoms with Gasteiger partial charge in [0, 0.05) is 24.8 Å². The second kappa shape index (κ2) is 5.66. The van der Waals surface area contributed by atoms with Crippen LogP contribution >= 0.6 is 23.2 Å². The Hall–Kier alpha value is -1.98. The molecule has 0 saturated carbocycles. The van der Waals surface area contributed by atoms with Gasteiger partial charge in [0.05, 0.1) is 5.02 Å². The first-order valence-corrected chi connectivity index (χ1v) is 7.47. The van der Waals surface area contributed by atoms with Crippen molar-refractivity contribution in [3.05, 3.63) is 45.7 Å². The SMILES string of the molecule is CC(=O)N1CCc2cc(NC(=O)c3cc(Cl)c(Cl)[nH]3)ccc21. The number of halogens is 2. The average Bonchev–Trinajstić information content (AvgIpc) is 3.02. The van der Waals surface area contributed by atoms with Gasteiger partial charge in [0.2, 0.25) is 5.91 Å². The van der Waals surface area contributed by atoms with Gasteiger partial charge >= 0.3 is 0 Å². The molecule has 22 heavy (non-hydrogen) atoms. The Labute approximate surface area is 137 Å². The number of benzene rings is 1. The zero-order valence-electron chi connectivity index (χ0n) is 11.7. The number of anilines is 2. The Bertz CT molecular complexity index is 751. The summed E-state index contributed by atoms with van der Waals surface area (Å²) in [6.07, 6.45) is 0.777. The molecule has 0 fully saturated rings. The fourth-order valence-electron chi connectivity index (χ4n) is 2.53. The highest BCUT2D eigenvalue weighted by Gasteiger charge is 2.22. The number of hydrogen-bond acceptors (Lipinski definition) is 2. The molecule has 2 N–H and O–H groups in total. The first-order chi connectivity index (χ1) is 10.5. The summed E-state index contributed by atoms with van der Waals surface area (Å²) in [6.45, 7) is 2.22. The lowest BCUT2D eigenvalue weighted by atomic mass is 10.1. The van der Waals surface area contributed by atoms with Gasteiger partial charge in [0.25, 0.3) is 5.91 Å². The number of hydrogen-bond donors (Lipinski definition) is 2. The molecule has 0 radical (unpaired) electrons.